The molecule has 2 aromatic carbocycles. The van der Waals surface area contributed by atoms with Crippen LogP contribution in [0.3, 0.4) is 0 Å². The molecular weight excluding hydrogens is 282 g/mol. The molecule has 112 valence electrons. The zero-order valence-corrected chi connectivity index (χ0v) is 12.2. The molecule has 22 heavy (non-hydrogen) atoms. The predicted octanol–water partition coefficient (Wildman–Crippen LogP) is 2.72. The highest BCUT2D eigenvalue weighted by molar-refractivity contribution is 5.98. The first-order valence-electron chi connectivity index (χ1n) is 7.05. The maximum atomic E-state index is 12.4. The summed E-state index contributed by atoms with van der Waals surface area (Å²) in [6, 6.07) is 10.8. The van der Waals surface area contributed by atoms with Gasteiger partial charge in [0.2, 0.25) is 0 Å². The largest absolute Gasteiger partial charge is 0.504 e. The standard InChI is InChI=1S/C17H15NO4/c1-16-9-5-3-4-6-11(9)18-17(16,2)22-15(21)13-10(16)7-8-12(19)14(13)20/h3-8,18-20H,1-2H3/t16-,17+/m1/s1. The van der Waals surface area contributed by atoms with E-state index in [-0.39, 0.29) is 11.3 Å². The first-order valence-corrected chi connectivity index (χ1v) is 7.05. The molecule has 0 saturated heterocycles. The first kappa shape index (κ1) is 13.0. The van der Waals surface area contributed by atoms with Crippen molar-refractivity contribution in [2.45, 2.75) is 25.0 Å². The minimum Gasteiger partial charge on any atom is -0.504 e. The van der Waals surface area contributed by atoms with Gasteiger partial charge in [0, 0.05) is 5.69 Å². The third-order valence-electron chi connectivity index (χ3n) is 4.99. The van der Waals surface area contributed by atoms with Crippen LogP contribution in [-0.4, -0.2) is 21.9 Å². The lowest BCUT2D eigenvalue weighted by Crippen LogP contribution is -2.55. The van der Waals surface area contributed by atoms with Crippen molar-refractivity contribution in [2.24, 2.45) is 0 Å². The molecule has 0 saturated carbocycles. The molecule has 0 radical (unpaired) electrons. The number of phenolic OH excluding ortho intramolecular Hbond substituents is 2. The van der Waals surface area contributed by atoms with Gasteiger partial charge in [0.05, 0.1) is 5.41 Å². The Bertz CT molecular complexity index is 831. The average molecular weight is 297 g/mol. The molecule has 0 spiro atoms. The van der Waals surface area contributed by atoms with E-state index in [0.29, 0.717) is 5.56 Å². The molecule has 2 heterocycles. The van der Waals surface area contributed by atoms with Crippen molar-refractivity contribution in [1.29, 1.82) is 0 Å². The summed E-state index contributed by atoms with van der Waals surface area (Å²) in [7, 11) is 0. The van der Waals surface area contributed by atoms with Crippen LogP contribution in [0.4, 0.5) is 5.69 Å². The third kappa shape index (κ3) is 1.27. The van der Waals surface area contributed by atoms with Gasteiger partial charge in [-0.05, 0) is 37.1 Å². The van der Waals surface area contributed by atoms with E-state index in [2.05, 4.69) is 5.32 Å². The van der Waals surface area contributed by atoms with Gasteiger partial charge >= 0.3 is 5.97 Å². The second kappa shape index (κ2) is 3.74. The molecule has 0 amide bonds. The number of ether oxygens (including phenoxy) is 1. The minimum atomic E-state index is -0.954. The summed E-state index contributed by atoms with van der Waals surface area (Å²) < 4.78 is 5.62. The van der Waals surface area contributed by atoms with E-state index in [1.54, 1.807) is 6.07 Å². The number of benzene rings is 2. The zero-order valence-electron chi connectivity index (χ0n) is 12.2. The summed E-state index contributed by atoms with van der Waals surface area (Å²) >= 11 is 0. The van der Waals surface area contributed by atoms with Gasteiger partial charge in [-0.2, -0.15) is 0 Å². The van der Waals surface area contributed by atoms with Gasteiger partial charge in [-0.1, -0.05) is 24.3 Å². The Kier molecular flexibility index (Phi) is 2.21. The predicted molar refractivity (Wildman–Crippen MR) is 80.1 cm³/mol. The Morgan fingerprint density at radius 1 is 1.05 bits per heavy atom. The van der Waals surface area contributed by atoms with Crippen LogP contribution in [0.2, 0.25) is 0 Å². The van der Waals surface area contributed by atoms with E-state index in [1.807, 2.05) is 38.1 Å². The zero-order chi connectivity index (χ0) is 15.7. The SMILES string of the molecule is C[C@]12c3ccccc3N[C@@]1(C)OC(=O)c1c2ccc(O)c1O. The summed E-state index contributed by atoms with van der Waals surface area (Å²) in [5.74, 6) is -1.42. The molecule has 0 bridgehead atoms. The number of carbonyl (C=O) groups is 1. The van der Waals surface area contributed by atoms with E-state index >= 15 is 0 Å². The van der Waals surface area contributed by atoms with Gasteiger partial charge in [-0.3, -0.25) is 0 Å². The molecular formula is C17H15NO4. The fourth-order valence-corrected chi connectivity index (χ4v) is 3.64. The average Bonchev–Trinajstić information content (AvgIpc) is 2.71. The third-order valence-corrected chi connectivity index (χ3v) is 4.99. The van der Waals surface area contributed by atoms with Crippen LogP contribution in [0.5, 0.6) is 11.5 Å². The van der Waals surface area contributed by atoms with Crippen molar-refractivity contribution < 1.29 is 19.7 Å². The normalized spacial score (nSPS) is 28.2. The highest BCUT2D eigenvalue weighted by Crippen LogP contribution is 2.56. The van der Waals surface area contributed by atoms with Crippen LogP contribution >= 0.6 is 0 Å². The summed E-state index contributed by atoms with van der Waals surface area (Å²) in [5, 5.41) is 23.1. The van der Waals surface area contributed by atoms with Crippen molar-refractivity contribution in [3.8, 4) is 11.5 Å². The molecule has 5 nitrogen and oxygen atoms in total. The minimum absolute atomic E-state index is 0.0264. The number of anilines is 1. The Morgan fingerprint density at radius 3 is 2.55 bits per heavy atom. The van der Waals surface area contributed by atoms with E-state index in [0.717, 1.165) is 11.3 Å². The van der Waals surface area contributed by atoms with Gasteiger partial charge in [-0.25, -0.2) is 4.79 Å². The number of esters is 1. The molecule has 2 aliphatic rings. The lowest BCUT2D eigenvalue weighted by Gasteiger charge is -2.45. The number of rotatable bonds is 0. The lowest BCUT2D eigenvalue weighted by atomic mass is 9.68. The Labute approximate surface area is 127 Å². The highest BCUT2D eigenvalue weighted by atomic mass is 16.6. The number of para-hydroxylation sites is 1. The summed E-state index contributed by atoms with van der Waals surface area (Å²) in [6.45, 7) is 3.78. The second-order valence-corrected chi connectivity index (χ2v) is 6.07. The highest BCUT2D eigenvalue weighted by Gasteiger charge is 2.60. The smallest absolute Gasteiger partial charge is 0.344 e. The Hall–Kier alpha value is -2.69. The number of phenols is 2. The van der Waals surface area contributed by atoms with Crippen molar-refractivity contribution in [3.63, 3.8) is 0 Å². The maximum Gasteiger partial charge on any atom is 0.344 e. The van der Waals surface area contributed by atoms with E-state index in [1.165, 1.54) is 6.07 Å². The fourth-order valence-electron chi connectivity index (χ4n) is 3.64. The maximum absolute atomic E-state index is 12.4. The molecule has 0 aliphatic carbocycles. The topological polar surface area (TPSA) is 78.8 Å². The fraction of sp³-hybridized carbons (Fsp3) is 0.235. The number of hydrogen-bond donors (Lipinski definition) is 3. The summed E-state index contributed by atoms with van der Waals surface area (Å²) in [5.41, 5.74) is 0.914. The molecule has 4 rings (SSSR count). The van der Waals surface area contributed by atoms with Crippen molar-refractivity contribution >= 4 is 11.7 Å². The molecule has 2 aliphatic heterocycles. The van der Waals surface area contributed by atoms with Crippen molar-refractivity contribution in [3.05, 3.63) is 53.1 Å². The van der Waals surface area contributed by atoms with Crippen LogP contribution in [-0.2, 0) is 10.2 Å². The number of carbonyl (C=O) groups excluding carboxylic acids is 1. The molecule has 3 N–H and O–H groups in total. The quantitative estimate of drug-likeness (QED) is 0.515. The molecule has 2 atom stereocenters. The molecule has 0 aromatic heterocycles. The van der Waals surface area contributed by atoms with E-state index in [9.17, 15) is 15.0 Å². The van der Waals surface area contributed by atoms with E-state index in [4.69, 9.17) is 4.74 Å². The van der Waals surface area contributed by atoms with Crippen molar-refractivity contribution in [2.75, 3.05) is 5.32 Å². The summed E-state index contributed by atoms with van der Waals surface area (Å²) in [4.78, 5) is 12.4. The molecule has 5 heteroatoms. The number of fused-ring (bicyclic) bond motifs is 5. The Morgan fingerprint density at radius 2 is 1.77 bits per heavy atom. The first-order chi connectivity index (χ1) is 10.4. The van der Waals surface area contributed by atoms with Gasteiger partial charge in [0.25, 0.3) is 0 Å². The molecule has 0 fully saturated rings. The van der Waals surface area contributed by atoms with Crippen LogP contribution in [0.1, 0.15) is 35.3 Å². The number of hydrogen-bond acceptors (Lipinski definition) is 5. The van der Waals surface area contributed by atoms with Gasteiger partial charge in [0.15, 0.2) is 17.2 Å². The number of aromatic hydroxyl groups is 2. The number of nitrogens with one attached hydrogen (secondary N) is 1. The lowest BCUT2D eigenvalue weighted by molar-refractivity contribution is -0.0271. The second-order valence-electron chi connectivity index (χ2n) is 6.07. The van der Waals surface area contributed by atoms with Crippen molar-refractivity contribution in [1.82, 2.24) is 0 Å². The van der Waals surface area contributed by atoms with Gasteiger partial charge in [-0.15, -0.1) is 0 Å². The monoisotopic (exact) mass is 297 g/mol. The Balaban J connectivity index is 2.10. The van der Waals surface area contributed by atoms with Gasteiger partial charge < -0.3 is 20.3 Å². The van der Waals surface area contributed by atoms with Crippen LogP contribution in [0.15, 0.2) is 36.4 Å². The van der Waals surface area contributed by atoms with E-state index < -0.39 is 22.9 Å². The molecule has 0 unspecified atom stereocenters. The van der Waals surface area contributed by atoms with Gasteiger partial charge in [0.1, 0.15) is 5.56 Å². The molecule has 2 aromatic rings. The van der Waals surface area contributed by atoms with Crippen LogP contribution in [0, 0.1) is 0 Å². The van der Waals surface area contributed by atoms with Crippen LogP contribution < -0.4 is 5.32 Å². The van der Waals surface area contributed by atoms with Crippen LogP contribution in [0.25, 0.3) is 0 Å². The summed E-state index contributed by atoms with van der Waals surface area (Å²) in [6.07, 6.45) is 0.